The van der Waals surface area contributed by atoms with E-state index in [1.54, 1.807) is 19.1 Å². The lowest BCUT2D eigenvalue weighted by atomic mass is 10.00. The maximum atomic E-state index is 12.8. The van der Waals surface area contributed by atoms with E-state index in [1.165, 1.54) is 35.8 Å². The Morgan fingerprint density at radius 2 is 2.03 bits per heavy atom. The number of carbonyl (C=O) groups is 2. The Kier molecular flexibility index (Phi) is 4.97. The van der Waals surface area contributed by atoms with Crippen LogP contribution in [-0.4, -0.2) is 37.3 Å². The number of fused-ring (bicyclic) bond motifs is 1. The lowest BCUT2D eigenvalue weighted by Gasteiger charge is -2.28. The van der Waals surface area contributed by atoms with Crippen LogP contribution in [0, 0.1) is 0 Å². The van der Waals surface area contributed by atoms with Crippen LogP contribution in [0.1, 0.15) is 18.7 Å². The smallest absolute Gasteiger partial charge is 0.338 e. The summed E-state index contributed by atoms with van der Waals surface area (Å²) in [6.45, 7) is 1.73. The number of nitrogens with one attached hydrogen (secondary N) is 2. The number of rotatable bonds is 5. The van der Waals surface area contributed by atoms with Crippen LogP contribution in [0.5, 0.6) is 0 Å². The van der Waals surface area contributed by atoms with Gasteiger partial charge in [0.25, 0.3) is 5.56 Å². The summed E-state index contributed by atoms with van der Waals surface area (Å²) in [7, 11) is 2.87. The first kappa shape index (κ1) is 20.2. The summed E-state index contributed by atoms with van der Waals surface area (Å²) in [6.07, 6.45) is 2.80. The zero-order valence-corrected chi connectivity index (χ0v) is 17.0. The minimum atomic E-state index is -0.875. The molecule has 0 aromatic carbocycles. The number of urea groups is 1. The summed E-state index contributed by atoms with van der Waals surface area (Å²) in [6, 6.07) is 1.85. The van der Waals surface area contributed by atoms with Gasteiger partial charge in [-0.2, -0.15) is 0 Å². The van der Waals surface area contributed by atoms with Crippen LogP contribution in [0.25, 0.3) is 11.2 Å². The number of amides is 2. The van der Waals surface area contributed by atoms with Gasteiger partial charge in [0, 0.05) is 14.1 Å². The number of ether oxygens (including phenoxy) is 1. The SMILES string of the molecule is CCOC(=O)C1=C(Cn2cnc3c2c(=O)n(C)c(=O)n3C)NC(=O)N[C@H]1c1ccco1. The van der Waals surface area contributed by atoms with Crippen molar-refractivity contribution in [1.29, 1.82) is 0 Å². The summed E-state index contributed by atoms with van der Waals surface area (Å²) in [5.41, 5.74) is -0.352. The Hall–Kier alpha value is -4.09. The molecule has 1 aliphatic rings. The molecule has 0 radical (unpaired) electrons. The predicted octanol–water partition coefficient (Wildman–Crippen LogP) is -0.102. The molecule has 1 aliphatic heterocycles. The van der Waals surface area contributed by atoms with Crippen molar-refractivity contribution < 1.29 is 18.7 Å². The van der Waals surface area contributed by atoms with Crippen LogP contribution in [-0.2, 0) is 30.2 Å². The highest BCUT2D eigenvalue weighted by molar-refractivity contribution is 5.95. The number of nitrogens with zero attached hydrogens (tertiary/aromatic N) is 4. The van der Waals surface area contributed by atoms with E-state index in [0.29, 0.717) is 5.76 Å². The largest absolute Gasteiger partial charge is 0.467 e. The number of aromatic nitrogens is 4. The van der Waals surface area contributed by atoms with E-state index in [0.717, 1.165) is 4.57 Å². The molecule has 3 aromatic rings. The number of furan rings is 1. The Balaban J connectivity index is 1.89. The fourth-order valence-corrected chi connectivity index (χ4v) is 3.55. The third kappa shape index (κ3) is 3.31. The molecular weight excluding hydrogens is 408 g/mol. The van der Waals surface area contributed by atoms with E-state index < -0.39 is 29.3 Å². The standard InChI is InChI=1S/C19H20N6O6/c1-4-30-17(27)12-10(21-18(28)22-13(12)11-6-5-7-31-11)8-25-9-20-15-14(25)16(26)24(3)19(29)23(15)2/h5-7,9,13H,4,8H2,1-3H3,(H2,21,22,28)/t13-/m0/s1. The third-order valence-electron chi connectivity index (χ3n) is 5.02. The average molecular weight is 428 g/mol. The van der Waals surface area contributed by atoms with Gasteiger partial charge in [-0.3, -0.25) is 13.9 Å². The number of hydrogen-bond donors (Lipinski definition) is 2. The van der Waals surface area contributed by atoms with Crippen molar-refractivity contribution in [1.82, 2.24) is 29.3 Å². The Bertz CT molecular complexity index is 1330. The second kappa shape index (κ2) is 7.63. The Morgan fingerprint density at radius 1 is 1.26 bits per heavy atom. The predicted molar refractivity (Wildman–Crippen MR) is 107 cm³/mol. The first-order valence-electron chi connectivity index (χ1n) is 9.45. The van der Waals surface area contributed by atoms with Crippen molar-refractivity contribution in [2.24, 2.45) is 14.1 Å². The second-order valence-electron chi connectivity index (χ2n) is 6.91. The normalized spacial score (nSPS) is 16.4. The monoisotopic (exact) mass is 428 g/mol. The topological polar surface area (TPSA) is 142 Å². The fourth-order valence-electron chi connectivity index (χ4n) is 3.55. The van der Waals surface area contributed by atoms with Crippen molar-refractivity contribution in [2.45, 2.75) is 19.5 Å². The molecular formula is C19H20N6O6. The van der Waals surface area contributed by atoms with Gasteiger partial charge < -0.3 is 24.4 Å². The highest BCUT2D eigenvalue weighted by Crippen LogP contribution is 2.29. The van der Waals surface area contributed by atoms with Crippen LogP contribution in [0.4, 0.5) is 4.79 Å². The van der Waals surface area contributed by atoms with Gasteiger partial charge in [0.1, 0.15) is 11.8 Å². The summed E-state index contributed by atoms with van der Waals surface area (Å²) in [5.74, 6) is -0.291. The molecule has 2 amide bonds. The van der Waals surface area contributed by atoms with Gasteiger partial charge in [0.05, 0.1) is 37.0 Å². The molecule has 1 atom stereocenters. The van der Waals surface area contributed by atoms with Crippen LogP contribution in [0.15, 0.2) is 50.0 Å². The van der Waals surface area contributed by atoms with E-state index in [-0.39, 0.29) is 35.6 Å². The van der Waals surface area contributed by atoms with Gasteiger partial charge in [-0.05, 0) is 19.1 Å². The first-order valence-corrected chi connectivity index (χ1v) is 9.45. The number of esters is 1. The van der Waals surface area contributed by atoms with Gasteiger partial charge in [0.15, 0.2) is 11.2 Å². The molecule has 0 aliphatic carbocycles. The van der Waals surface area contributed by atoms with E-state index in [4.69, 9.17) is 9.15 Å². The number of allylic oxidation sites excluding steroid dienone is 1. The molecule has 4 heterocycles. The number of imidazole rings is 1. The zero-order valence-electron chi connectivity index (χ0n) is 17.0. The van der Waals surface area contributed by atoms with E-state index in [9.17, 15) is 19.2 Å². The molecule has 12 heteroatoms. The lowest BCUT2D eigenvalue weighted by Crippen LogP contribution is -2.47. The molecule has 0 fully saturated rings. The minimum absolute atomic E-state index is 0.0667. The van der Waals surface area contributed by atoms with E-state index in [1.807, 2.05) is 0 Å². The van der Waals surface area contributed by atoms with Crippen molar-refractivity contribution in [2.75, 3.05) is 6.61 Å². The van der Waals surface area contributed by atoms with Crippen LogP contribution in [0.3, 0.4) is 0 Å². The number of aryl methyl sites for hydroxylation is 1. The number of hydrogen-bond acceptors (Lipinski definition) is 7. The Morgan fingerprint density at radius 3 is 2.71 bits per heavy atom. The molecule has 0 saturated carbocycles. The summed E-state index contributed by atoms with van der Waals surface area (Å²) in [4.78, 5) is 54.2. The molecule has 12 nitrogen and oxygen atoms in total. The molecule has 31 heavy (non-hydrogen) atoms. The third-order valence-corrected chi connectivity index (χ3v) is 5.02. The maximum absolute atomic E-state index is 12.8. The van der Waals surface area contributed by atoms with Gasteiger partial charge in [-0.15, -0.1) is 0 Å². The fraction of sp³-hybridized carbons (Fsp3) is 0.316. The molecule has 0 spiro atoms. The average Bonchev–Trinajstić information content (AvgIpc) is 3.41. The van der Waals surface area contributed by atoms with Gasteiger partial charge in [-0.25, -0.2) is 19.4 Å². The first-order chi connectivity index (χ1) is 14.8. The summed E-state index contributed by atoms with van der Waals surface area (Å²) >= 11 is 0. The lowest BCUT2D eigenvalue weighted by molar-refractivity contribution is -0.139. The molecule has 162 valence electrons. The van der Waals surface area contributed by atoms with Crippen LogP contribution in [0.2, 0.25) is 0 Å². The van der Waals surface area contributed by atoms with Crippen molar-refractivity contribution >= 4 is 23.2 Å². The maximum Gasteiger partial charge on any atom is 0.338 e. The number of carbonyl (C=O) groups excluding carboxylic acids is 2. The summed E-state index contributed by atoms with van der Waals surface area (Å²) < 4.78 is 14.3. The van der Waals surface area contributed by atoms with E-state index in [2.05, 4.69) is 15.6 Å². The molecule has 0 saturated heterocycles. The molecule has 0 bridgehead atoms. The van der Waals surface area contributed by atoms with Crippen molar-refractivity contribution in [3.05, 3.63) is 62.6 Å². The minimum Gasteiger partial charge on any atom is -0.467 e. The van der Waals surface area contributed by atoms with E-state index >= 15 is 0 Å². The van der Waals surface area contributed by atoms with Crippen LogP contribution < -0.4 is 21.9 Å². The highest BCUT2D eigenvalue weighted by Gasteiger charge is 2.35. The summed E-state index contributed by atoms with van der Waals surface area (Å²) in [5, 5.41) is 5.28. The highest BCUT2D eigenvalue weighted by atomic mass is 16.5. The second-order valence-corrected chi connectivity index (χ2v) is 6.91. The van der Waals surface area contributed by atoms with Crippen molar-refractivity contribution in [3.63, 3.8) is 0 Å². The van der Waals surface area contributed by atoms with Gasteiger partial charge >= 0.3 is 17.7 Å². The molecule has 2 N–H and O–H groups in total. The molecule has 3 aromatic heterocycles. The van der Waals surface area contributed by atoms with Crippen molar-refractivity contribution in [3.8, 4) is 0 Å². The quantitative estimate of drug-likeness (QED) is 0.540. The zero-order chi connectivity index (χ0) is 22.3. The molecule has 4 rings (SSSR count). The molecule has 0 unspecified atom stereocenters. The van der Waals surface area contributed by atoms with Crippen LogP contribution >= 0.6 is 0 Å². The van der Waals surface area contributed by atoms with Gasteiger partial charge in [-0.1, -0.05) is 0 Å². The van der Waals surface area contributed by atoms with Gasteiger partial charge in [0.2, 0.25) is 0 Å². The Labute approximate surface area is 174 Å².